The van der Waals surface area contributed by atoms with Crippen LogP contribution >= 0.6 is 0 Å². The number of nitrogens with zero attached hydrogens (tertiary/aromatic N) is 1. The summed E-state index contributed by atoms with van der Waals surface area (Å²) in [7, 11) is 0. The Morgan fingerprint density at radius 2 is 2.14 bits per heavy atom. The van der Waals surface area contributed by atoms with Crippen LogP contribution in [0.5, 0.6) is 0 Å². The van der Waals surface area contributed by atoms with E-state index < -0.39 is 0 Å². The summed E-state index contributed by atoms with van der Waals surface area (Å²) in [6, 6.07) is -0.0516. The summed E-state index contributed by atoms with van der Waals surface area (Å²) in [6.45, 7) is 6.57. The van der Waals surface area contributed by atoms with Crippen LogP contribution in [-0.4, -0.2) is 36.5 Å². The van der Waals surface area contributed by atoms with Crippen LogP contribution in [0.4, 0.5) is 0 Å². The number of carbonyl (C=O) groups excluding carboxylic acids is 1. The van der Waals surface area contributed by atoms with E-state index in [1.54, 1.807) is 0 Å². The van der Waals surface area contributed by atoms with Gasteiger partial charge in [0.05, 0.1) is 6.04 Å². The Labute approximate surface area is 86.2 Å². The average molecular weight is 196 g/mol. The first-order chi connectivity index (χ1) is 6.75. The van der Waals surface area contributed by atoms with Crippen LogP contribution < -0.4 is 5.32 Å². The zero-order valence-electron chi connectivity index (χ0n) is 9.12. The molecule has 0 aromatic rings. The Bertz CT molecular complexity index is 207. The normalized spacial score (nSPS) is 19.1. The van der Waals surface area contributed by atoms with E-state index in [1.165, 1.54) is 0 Å². The van der Waals surface area contributed by atoms with Crippen molar-refractivity contribution < 1.29 is 4.79 Å². The maximum Gasteiger partial charge on any atom is 0.239 e. The van der Waals surface area contributed by atoms with Crippen molar-refractivity contribution in [3.05, 3.63) is 12.2 Å². The van der Waals surface area contributed by atoms with Crippen molar-refractivity contribution in [2.24, 2.45) is 0 Å². The van der Waals surface area contributed by atoms with Gasteiger partial charge >= 0.3 is 0 Å². The molecule has 14 heavy (non-hydrogen) atoms. The van der Waals surface area contributed by atoms with E-state index in [1.807, 2.05) is 30.9 Å². The van der Waals surface area contributed by atoms with E-state index in [2.05, 4.69) is 5.32 Å². The zero-order valence-corrected chi connectivity index (χ0v) is 9.12. The number of rotatable bonds is 4. The van der Waals surface area contributed by atoms with Gasteiger partial charge in [0.2, 0.25) is 5.91 Å². The fourth-order valence-electron chi connectivity index (χ4n) is 1.66. The number of likely N-dealkylation sites (tertiary alicyclic amines) is 1. The van der Waals surface area contributed by atoms with Crippen LogP contribution in [0.1, 0.15) is 26.7 Å². The topological polar surface area (TPSA) is 32.3 Å². The van der Waals surface area contributed by atoms with E-state index >= 15 is 0 Å². The molecule has 0 radical (unpaired) electrons. The summed E-state index contributed by atoms with van der Waals surface area (Å²) < 4.78 is 0. The molecule has 0 bridgehead atoms. The first-order valence-electron chi connectivity index (χ1n) is 5.39. The molecular weight excluding hydrogens is 176 g/mol. The summed E-state index contributed by atoms with van der Waals surface area (Å²) in [4.78, 5) is 13.7. The van der Waals surface area contributed by atoms with Gasteiger partial charge in [0, 0.05) is 19.6 Å². The second kappa shape index (κ2) is 5.81. The van der Waals surface area contributed by atoms with Gasteiger partial charge in [0.15, 0.2) is 0 Å². The van der Waals surface area contributed by atoms with E-state index in [-0.39, 0.29) is 11.9 Å². The third kappa shape index (κ3) is 3.14. The number of allylic oxidation sites excluding steroid dienone is 1. The number of carbonyl (C=O) groups is 1. The molecule has 1 amide bonds. The van der Waals surface area contributed by atoms with Crippen molar-refractivity contribution in [1.82, 2.24) is 10.2 Å². The van der Waals surface area contributed by atoms with Gasteiger partial charge in [-0.25, -0.2) is 0 Å². The van der Waals surface area contributed by atoms with Crippen molar-refractivity contribution in [2.45, 2.75) is 32.7 Å². The number of nitrogens with one attached hydrogen (secondary N) is 1. The highest BCUT2D eigenvalue weighted by molar-refractivity contribution is 5.81. The fourth-order valence-corrected chi connectivity index (χ4v) is 1.66. The SMILES string of the molecule is C/C=C/CNC(C)C(=O)N1CCCC1. The van der Waals surface area contributed by atoms with E-state index in [0.29, 0.717) is 0 Å². The van der Waals surface area contributed by atoms with Crippen molar-refractivity contribution >= 4 is 5.91 Å². The Morgan fingerprint density at radius 1 is 1.50 bits per heavy atom. The van der Waals surface area contributed by atoms with Crippen LogP contribution in [-0.2, 0) is 4.79 Å². The zero-order chi connectivity index (χ0) is 10.4. The molecule has 0 spiro atoms. The molecule has 1 aliphatic heterocycles. The number of hydrogen-bond donors (Lipinski definition) is 1. The molecule has 0 aliphatic carbocycles. The lowest BCUT2D eigenvalue weighted by Gasteiger charge is -2.20. The van der Waals surface area contributed by atoms with E-state index in [0.717, 1.165) is 32.5 Å². The van der Waals surface area contributed by atoms with Gasteiger partial charge in [-0.1, -0.05) is 12.2 Å². The minimum absolute atomic E-state index is 0.0516. The third-order valence-electron chi connectivity index (χ3n) is 2.57. The Hall–Kier alpha value is -0.830. The molecule has 1 N–H and O–H groups in total. The van der Waals surface area contributed by atoms with Crippen molar-refractivity contribution in [2.75, 3.05) is 19.6 Å². The van der Waals surface area contributed by atoms with Crippen LogP contribution in [0.2, 0.25) is 0 Å². The maximum absolute atomic E-state index is 11.8. The van der Waals surface area contributed by atoms with Crippen LogP contribution in [0.15, 0.2) is 12.2 Å². The second-order valence-electron chi connectivity index (χ2n) is 3.73. The minimum Gasteiger partial charge on any atom is -0.341 e. The summed E-state index contributed by atoms with van der Waals surface area (Å²) in [5.74, 6) is 0.243. The summed E-state index contributed by atoms with van der Waals surface area (Å²) in [5, 5.41) is 3.18. The molecule has 1 atom stereocenters. The van der Waals surface area contributed by atoms with Crippen molar-refractivity contribution in [3.63, 3.8) is 0 Å². The molecule has 0 aromatic heterocycles. The molecule has 0 aromatic carbocycles. The monoisotopic (exact) mass is 196 g/mol. The van der Waals surface area contributed by atoms with Gasteiger partial charge in [0.25, 0.3) is 0 Å². The summed E-state index contributed by atoms with van der Waals surface area (Å²) in [5.41, 5.74) is 0. The third-order valence-corrected chi connectivity index (χ3v) is 2.57. The molecule has 1 heterocycles. The fraction of sp³-hybridized carbons (Fsp3) is 0.727. The highest BCUT2D eigenvalue weighted by Gasteiger charge is 2.22. The van der Waals surface area contributed by atoms with Gasteiger partial charge in [-0.3, -0.25) is 4.79 Å². The van der Waals surface area contributed by atoms with Crippen molar-refractivity contribution in [1.29, 1.82) is 0 Å². The first-order valence-corrected chi connectivity index (χ1v) is 5.39. The lowest BCUT2D eigenvalue weighted by Crippen LogP contribution is -2.43. The molecule has 1 saturated heterocycles. The molecule has 3 nitrogen and oxygen atoms in total. The predicted octanol–water partition coefficient (Wildman–Crippen LogP) is 1.16. The van der Waals surface area contributed by atoms with E-state index in [9.17, 15) is 4.79 Å². The maximum atomic E-state index is 11.8. The number of hydrogen-bond acceptors (Lipinski definition) is 2. The molecule has 80 valence electrons. The van der Waals surface area contributed by atoms with Gasteiger partial charge in [-0.15, -0.1) is 0 Å². The highest BCUT2D eigenvalue weighted by atomic mass is 16.2. The summed E-state index contributed by atoms with van der Waals surface area (Å²) >= 11 is 0. The molecule has 1 fully saturated rings. The predicted molar refractivity (Wildman–Crippen MR) is 58.1 cm³/mol. The Balaban J connectivity index is 2.28. The molecule has 3 heteroatoms. The van der Waals surface area contributed by atoms with E-state index in [4.69, 9.17) is 0 Å². The lowest BCUT2D eigenvalue weighted by molar-refractivity contribution is -0.131. The smallest absolute Gasteiger partial charge is 0.239 e. The van der Waals surface area contributed by atoms with Crippen LogP contribution in [0.25, 0.3) is 0 Å². The molecule has 1 aliphatic rings. The quantitative estimate of drug-likeness (QED) is 0.684. The van der Waals surface area contributed by atoms with Gasteiger partial charge in [-0.2, -0.15) is 0 Å². The molecule has 1 unspecified atom stereocenters. The van der Waals surface area contributed by atoms with Gasteiger partial charge in [0.1, 0.15) is 0 Å². The average Bonchev–Trinajstić information content (AvgIpc) is 2.69. The first kappa shape index (κ1) is 11.2. The highest BCUT2D eigenvalue weighted by Crippen LogP contribution is 2.08. The lowest BCUT2D eigenvalue weighted by atomic mass is 10.3. The van der Waals surface area contributed by atoms with Crippen LogP contribution in [0.3, 0.4) is 0 Å². The Kier molecular flexibility index (Phi) is 4.66. The molecule has 0 saturated carbocycles. The largest absolute Gasteiger partial charge is 0.341 e. The Morgan fingerprint density at radius 3 is 2.71 bits per heavy atom. The van der Waals surface area contributed by atoms with Crippen LogP contribution in [0, 0.1) is 0 Å². The van der Waals surface area contributed by atoms with Crippen molar-refractivity contribution in [3.8, 4) is 0 Å². The van der Waals surface area contributed by atoms with Gasteiger partial charge < -0.3 is 10.2 Å². The standard InChI is InChI=1S/C11H20N2O/c1-3-4-7-12-10(2)11(14)13-8-5-6-9-13/h3-4,10,12H,5-9H2,1-2H3/b4-3+. The molecule has 1 rings (SSSR count). The summed E-state index contributed by atoms with van der Waals surface area (Å²) in [6.07, 6.45) is 6.33. The van der Waals surface area contributed by atoms with Gasteiger partial charge in [-0.05, 0) is 26.7 Å². The number of amides is 1. The second-order valence-corrected chi connectivity index (χ2v) is 3.73. The minimum atomic E-state index is -0.0516. The molecular formula is C11H20N2O.